The Kier molecular flexibility index (Phi) is 6.22. The van der Waals surface area contributed by atoms with Crippen LogP contribution in [0.2, 0.25) is 0 Å². The highest BCUT2D eigenvalue weighted by Gasteiger charge is 2.25. The van der Waals surface area contributed by atoms with Gasteiger partial charge in [0.2, 0.25) is 5.91 Å². The number of nitrogens with one attached hydrogen (secondary N) is 1. The van der Waals surface area contributed by atoms with Crippen LogP contribution in [0, 0.1) is 6.92 Å². The highest BCUT2D eigenvalue weighted by atomic mass is 32.2. The van der Waals surface area contributed by atoms with E-state index in [0.717, 1.165) is 5.56 Å². The fourth-order valence-electron chi connectivity index (χ4n) is 3.28. The van der Waals surface area contributed by atoms with Crippen molar-refractivity contribution in [2.45, 2.75) is 25.2 Å². The molecule has 2 aromatic carbocycles. The lowest BCUT2D eigenvalue weighted by molar-refractivity contribution is -0.132. The number of nitrogens with zero attached hydrogens (tertiary/aromatic N) is 2. The molecule has 2 amide bonds. The van der Waals surface area contributed by atoms with Crippen LogP contribution in [0.3, 0.4) is 0 Å². The van der Waals surface area contributed by atoms with Crippen LogP contribution < -0.4 is 4.72 Å². The smallest absolute Gasteiger partial charge is 0.261 e. The molecule has 0 radical (unpaired) electrons. The van der Waals surface area contributed by atoms with Gasteiger partial charge >= 0.3 is 0 Å². The molecule has 0 unspecified atom stereocenters. The van der Waals surface area contributed by atoms with Gasteiger partial charge in [-0.15, -0.1) is 0 Å². The Morgan fingerprint density at radius 3 is 2.28 bits per heavy atom. The van der Waals surface area contributed by atoms with Gasteiger partial charge < -0.3 is 9.80 Å². The first-order valence-electron chi connectivity index (χ1n) is 9.57. The minimum absolute atomic E-state index is 0.0321. The van der Waals surface area contributed by atoms with Gasteiger partial charge in [-0.25, -0.2) is 8.42 Å². The third kappa shape index (κ3) is 4.95. The van der Waals surface area contributed by atoms with Crippen molar-refractivity contribution in [2.24, 2.45) is 0 Å². The van der Waals surface area contributed by atoms with Crippen molar-refractivity contribution in [3.63, 3.8) is 0 Å². The molecule has 29 heavy (non-hydrogen) atoms. The van der Waals surface area contributed by atoms with E-state index in [1.54, 1.807) is 40.1 Å². The van der Waals surface area contributed by atoms with Crippen LogP contribution in [-0.2, 0) is 14.8 Å². The van der Waals surface area contributed by atoms with E-state index >= 15 is 0 Å². The molecule has 1 aliphatic rings. The molecule has 1 fully saturated rings. The normalized spacial score (nSPS) is 14.6. The Morgan fingerprint density at radius 2 is 1.62 bits per heavy atom. The first-order valence-corrected chi connectivity index (χ1v) is 11.0. The third-order valence-corrected chi connectivity index (χ3v) is 6.26. The lowest BCUT2D eigenvalue weighted by atomic mass is 10.2. The van der Waals surface area contributed by atoms with Gasteiger partial charge in [0.05, 0.1) is 4.90 Å². The van der Waals surface area contributed by atoms with Crippen molar-refractivity contribution < 1.29 is 18.0 Å². The van der Waals surface area contributed by atoms with Gasteiger partial charge in [0.25, 0.3) is 15.9 Å². The van der Waals surface area contributed by atoms with E-state index in [-0.39, 0.29) is 16.7 Å². The zero-order chi connectivity index (χ0) is 21.0. The number of carbonyl (C=O) groups excluding carboxylic acids is 2. The Bertz CT molecular complexity index is 1010. The summed E-state index contributed by atoms with van der Waals surface area (Å²) in [5.41, 5.74) is 1.72. The molecule has 1 heterocycles. The number of rotatable bonds is 5. The lowest BCUT2D eigenvalue weighted by Crippen LogP contribution is -2.50. The second-order valence-corrected chi connectivity index (χ2v) is 8.71. The third-order valence-electron chi connectivity index (χ3n) is 4.88. The summed E-state index contributed by atoms with van der Waals surface area (Å²) in [7, 11) is -3.81. The van der Waals surface area contributed by atoms with E-state index in [9.17, 15) is 18.0 Å². The van der Waals surface area contributed by atoms with Crippen LogP contribution in [0.25, 0.3) is 0 Å². The first kappa shape index (κ1) is 20.9. The molecule has 0 saturated carbocycles. The predicted molar refractivity (Wildman–Crippen MR) is 111 cm³/mol. The number of hydrogen-bond acceptors (Lipinski definition) is 4. The molecule has 0 aliphatic carbocycles. The van der Waals surface area contributed by atoms with Crippen molar-refractivity contribution in [2.75, 3.05) is 30.9 Å². The zero-order valence-electron chi connectivity index (χ0n) is 16.6. The fourth-order valence-corrected chi connectivity index (χ4v) is 4.38. The topological polar surface area (TPSA) is 86.8 Å². The molecular weight excluding hydrogens is 390 g/mol. The van der Waals surface area contributed by atoms with Crippen LogP contribution in [0.15, 0.2) is 53.4 Å². The van der Waals surface area contributed by atoms with Crippen molar-refractivity contribution in [1.82, 2.24) is 9.80 Å². The number of hydrogen-bond donors (Lipinski definition) is 1. The van der Waals surface area contributed by atoms with Crippen molar-refractivity contribution in [3.8, 4) is 0 Å². The van der Waals surface area contributed by atoms with Crippen molar-refractivity contribution >= 4 is 27.5 Å². The molecule has 0 atom stereocenters. The summed E-state index contributed by atoms with van der Waals surface area (Å²) in [4.78, 5) is 28.1. The molecule has 7 nitrogen and oxygen atoms in total. The van der Waals surface area contributed by atoms with Gasteiger partial charge in [0, 0.05) is 43.9 Å². The minimum Gasteiger partial charge on any atom is -0.339 e. The van der Waals surface area contributed by atoms with Crippen LogP contribution >= 0.6 is 0 Å². The molecule has 2 aromatic rings. The van der Waals surface area contributed by atoms with Crippen molar-refractivity contribution in [1.29, 1.82) is 0 Å². The van der Waals surface area contributed by atoms with E-state index in [4.69, 9.17) is 0 Å². The second-order valence-electron chi connectivity index (χ2n) is 7.03. The number of sulfonamides is 1. The molecular formula is C21H25N3O4S. The monoisotopic (exact) mass is 415 g/mol. The van der Waals surface area contributed by atoms with Crippen molar-refractivity contribution in [3.05, 3.63) is 59.7 Å². The lowest BCUT2D eigenvalue weighted by Gasteiger charge is -2.34. The summed E-state index contributed by atoms with van der Waals surface area (Å²) in [5, 5.41) is 0. The molecule has 3 rings (SSSR count). The quantitative estimate of drug-likeness (QED) is 0.813. The highest BCUT2D eigenvalue weighted by Crippen LogP contribution is 2.19. The number of piperazine rings is 1. The average molecular weight is 416 g/mol. The summed E-state index contributed by atoms with van der Waals surface area (Å²) in [6.45, 7) is 5.55. The van der Waals surface area contributed by atoms with E-state index in [1.807, 2.05) is 19.9 Å². The predicted octanol–water partition coefficient (Wildman–Crippen LogP) is 2.49. The summed E-state index contributed by atoms with van der Waals surface area (Å²) in [6, 6.07) is 13.1. The van der Waals surface area contributed by atoms with E-state index in [1.165, 1.54) is 12.1 Å². The molecule has 1 N–H and O–H groups in total. The van der Waals surface area contributed by atoms with Gasteiger partial charge in [0.15, 0.2) is 0 Å². The molecule has 154 valence electrons. The Labute approximate surface area is 171 Å². The Hall–Kier alpha value is -2.87. The summed E-state index contributed by atoms with van der Waals surface area (Å²) < 4.78 is 28.0. The SMILES string of the molecule is CCC(=O)N1CCN(C(=O)c2cccc(S(=O)(=O)Nc3cccc(C)c3)c2)CC1. The van der Waals surface area contributed by atoms with Gasteiger partial charge in [-0.2, -0.15) is 0 Å². The Morgan fingerprint density at radius 1 is 0.966 bits per heavy atom. The number of benzene rings is 2. The zero-order valence-corrected chi connectivity index (χ0v) is 17.4. The molecule has 8 heteroatoms. The fraction of sp³-hybridized carbons (Fsp3) is 0.333. The number of aryl methyl sites for hydroxylation is 1. The number of carbonyl (C=O) groups is 2. The van der Waals surface area contributed by atoms with Crippen LogP contribution in [0.5, 0.6) is 0 Å². The number of amides is 2. The van der Waals surface area contributed by atoms with Crippen LogP contribution in [0.4, 0.5) is 5.69 Å². The summed E-state index contributed by atoms with van der Waals surface area (Å²) in [5.74, 6) is -0.159. The van der Waals surface area contributed by atoms with Gasteiger partial charge in [-0.3, -0.25) is 14.3 Å². The summed E-state index contributed by atoms with van der Waals surface area (Å²) in [6.07, 6.45) is 0.446. The van der Waals surface area contributed by atoms with E-state index in [2.05, 4.69) is 4.72 Å². The molecule has 0 spiro atoms. The van der Waals surface area contributed by atoms with E-state index < -0.39 is 10.0 Å². The highest BCUT2D eigenvalue weighted by molar-refractivity contribution is 7.92. The maximum atomic E-state index is 12.8. The first-order chi connectivity index (χ1) is 13.8. The van der Waals surface area contributed by atoms with Crippen LogP contribution in [0.1, 0.15) is 29.3 Å². The second kappa shape index (κ2) is 8.65. The molecule has 1 aliphatic heterocycles. The molecule has 0 aromatic heterocycles. The van der Waals surface area contributed by atoms with E-state index in [0.29, 0.717) is 43.9 Å². The Balaban J connectivity index is 1.73. The number of anilines is 1. The maximum absolute atomic E-state index is 12.8. The van der Waals surface area contributed by atoms with Gasteiger partial charge in [-0.1, -0.05) is 25.1 Å². The van der Waals surface area contributed by atoms with Crippen LogP contribution in [-0.4, -0.2) is 56.2 Å². The van der Waals surface area contributed by atoms with Gasteiger partial charge in [-0.05, 0) is 42.8 Å². The van der Waals surface area contributed by atoms with Gasteiger partial charge in [0.1, 0.15) is 0 Å². The largest absolute Gasteiger partial charge is 0.339 e. The molecule has 0 bridgehead atoms. The summed E-state index contributed by atoms with van der Waals surface area (Å²) >= 11 is 0. The standard InChI is InChI=1S/C21H25N3O4S/c1-3-20(25)23-10-12-24(13-11-23)21(26)17-7-5-9-19(15-17)29(27,28)22-18-8-4-6-16(2)14-18/h4-9,14-15,22H,3,10-13H2,1-2H3. The minimum atomic E-state index is -3.81. The maximum Gasteiger partial charge on any atom is 0.261 e. The molecule has 1 saturated heterocycles. The average Bonchev–Trinajstić information content (AvgIpc) is 2.72.